The van der Waals surface area contributed by atoms with Gasteiger partial charge in [-0.3, -0.25) is 9.69 Å². The third kappa shape index (κ3) is 2.24. The Kier molecular flexibility index (Phi) is 2.71. The van der Waals surface area contributed by atoms with Gasteiger partial charge >= 0.3 is 0 Å². The van der Waals surface area contributed by atoms with Crippen molar-refractivity contribution >= 4 is 5.78 Å². The van der Waals surface area contributed by atoms with Gasteiger partial charge in [0.1, 0.15) is 5.78 Å². The molecule has 4 heteroatoms. The lowest BCUT2D eigenvalue weighted by molar-refractivity contribution is -0.121. The zero-order valence-electron chi connectivity index (χ0n) is 8.18. The van der Waals surface area contributed by atoms with Crippen molar-refractivity contribution in [3.8, 4) is 0 Å². The van der Waals surface area contributed by atoms with Crippen LogP contribution in [0, 0.1) is 0 Å². The number of carbonyl (C=O) groups excluding carboxylic acids is 1. The molecule has 0 saturated carbocycles. The number of alkyl halides is 2. The van der Waals surface area contributed by atoms with Crippen molar-refractivity contribution in [2.75, 3.05) is 6.54 Å². The van der Waals surface area contributed by atoms with E-state index in [-0.39, 0.29) is 24.8 Å². The van der Waals surface area contributed by atoms with Gasteiger partial charge in [-0.15, -0.1) is 0 Å². The van der Waals surface area contributed by atoms with Crippen LogP contribution in [0.3, 0.4) is 0 Å². The Morgan fingerprint density at radius 1 is 1.54 bits per heavy atom. The minimum Gasteiger partial charge on any atom is -0.298 e. The zero-order chi connectivity index (χ0) is 10.2. The average molecular weight is 191 g/mol. The van der Waals surface area contributed by atoms with Gasteiger partial charge in [-0.25, -0.2) is 8.78 Å². The maximum atomic E-state index is 13.0. The van der Waals surface area contributed by atoms with Crippen molar-refractivity contribution in [2.24, 2.45) is 0 Å². The third-order valence-electron chi connectivity index (χ3n) is 2.44. The van der Waals surface area contributed by atoms with Crippen molar-refractivity contribution in [1.29, 1.82) is 0 Å². The molecule has 1 saturated heterocycles. The fourth-order valence-corrected chi connectivity index (χ4v) is 1.76. The Morgan fingerprint density at radius 2 is 2.08 bits per heavy atom. The molecule has 1 fully saturated rings. The second-order valence-corrected chi connectivity index (χ2v) is 3.95. The topological polar surface area (TPSA) is 20.3 Å². The summed E-state index contributed by atoms with van der Waals surface area (Å²) < 4.78 is 25.9. The van der Waals surface area contributed by atoms with Crippen molar-refractivity contribution < 1.29 is 13.6 Å². The number of hydrogen-bond acceptors (Lipinski definition) is 2. The zero-order valence-corrected chi connectivity index (χ0v) is 8.18. The SMILES string of the molecule is CC(=O)[C@@H]1CC(F)(F)CN1C(C)C. The third-order valence-corrected chi connectivity index (χ3v) is 2.44. The van der Waals surface area contributed by atoms with E-state index in [9.17, 15) is 13.6 Å². The molecule has 0 spiro atoms. The van der Waals surface area contributed by atoms with Crippen molar-refractivity contribution in [2.45, 2.75) is 45.2 Å². The second kappa shape index (κ2) is 3.33. The van der Waals surface area contributed by atoms with Crippen LogP contribution in [0.1, 0.15) is 27.2 Å². The first-order valence-electron chi connectivity index (χ1n) is 4.47. The molecule has 1 heterocycles. The number of carbonyl (C=O) groups is 1. The van der Waals surface area contributed by atoms with Crippen molar-refractivity contribution in [3.63, 3.8) is 0 Å². The number of hydrogen-bond donors (Lipinski definition) is 0. The van der Waals surface area contributed by atoms with Gasteiger partial charge in [0.25, 0.3) is 5.92 Å². The van der Waals surface area contributed by atoms with Crippen LogP contribution in [-0.4, -0.2) is 35.2 Å². The minimum atomic E-state index is -2.69. The van der Waals surface area contributed by atoms with E-state index in [1.165, 1.54) is 6.92 Å². The van der Waals surface area contributed by atoms with E-state index in [0.717, 1.165) is 0 Å². The summed E-state index contributed by atoms with van der Waals surface area (Å²) in [5.41, 5.74) is 0. The quantitative estimate of drug-likeness (QED) is 0.662. The summed E-state index contributed by atoms with van der Waals surface area (Å²) >= 11 is 0. The molecule has 0 aromatic carbocycles. The monoisotopic (exact) mass is 191 g/mol. The molecule has 1 rings (SSSR count). The maximum absolute atomic E-state index is 13.0. The fraction of sp³-hybridized carbons (Fsp3) is 0.889. The molecule has 2 nitrogen and oxygen atoms in total. The van der Waals surface area contributed by atoms with E-state index in [1.807, 2.05) is 13.8 Å². The van der Waals surface area contributed by atoms with E-state index >= 15 is 0 Å². The van der Waals surface area contributed by atoms with Gasteiger partial charge in [0, 0.05) is 12.5 Å². The fourth-order valence-electron chi connectivity index (χ4n) is 1.76. The molecule has 0 bridgehead atoms. The van der Waals surface area contributed by atoms with Crippen LogP contribution in [-0.2, 0) is 4.79 Å². The summed E-state index contributed by atoms with van der Waals surface area (Å²) in [7, 11) is 0. The molecule has 1 atom stereocenters. The minimum absolute atomic E-state index is 0.00211. The molecule has 76 valence electrons. The largest absolute Gasteiger partial charge is 0.298 e. The molecule has 0 aromatic rings. The summed E-state index contributed by atoms with van der Waals surface area (Å²) in [6.07, 6.45) is -0.319. The standard InChI is InChI=1S/C9H15F2NO/c1-6(2)12-5-9(10,11)4-8(12)7(3)13/h6,8H,4-5H2,1-3H3/t8-/m0/s1. The molecule has 0 unspecified atom stereocenters. The van der Waals surface area contributed by atoms with E-state index in [2.05, 4.69) is 0 Å². The van der Waals surface area contributed by atoms with Crippen molar-refractivity contribution in [3.05, 3.63) is 0 Å². The highest BCUT2D eigenvalue weighted by atomic mass is 19.3. The van der Waals surface area contributed by atoms with Crippen LogP contribution in [0.2, 0.25) is 0 Å². The van der Waals surface area contributed by atoms with Gasteiger partial charge in [-0.2, -0.15) is 0 Å². The van der Waals surface area contributed by atoms with Crippen LogP contribution in [0.4, 0.5) is 8.78 Å². The molecule has 0 amide bonds. The predicted octanol–water partition coefficient (Wildman–Crippen LogP) is 1.69. The number of Topliss-reactive ketones (excluding diaryl/α,β-unsaturated/α-hetero) is 1. The van der Waals surface area contributed by atoms with E-state index in [1.54, 1.807) is 4.90 Å². The summed E-state index contributed by atoms with van der Waals surface area (Å²) in [6.45, 7) is 4.76. The van der Waals surface area contributed by atoms with Crippen LogP contribution < -0.4 is 0 Å². The lowest BCUT2D eigenvalue weighted by Gasteiger charge is -2.25. The van der Waals surface area contributed by atoms with Crippen LogP contribution in [0.15, 0.2) is 0 Å². The highest BCUT2D eigenvalue weighted by Gasteiger charge is 2.47. The summed E-state index contributed by atoms with van der Waals surface area (Å²) in [5, 5.41) is 0. The second-order valence-electron chi connectivity index (χ2n) is 3.95. The number of likely N-dealkylation sites (tertiary alicyclic amines) is 1. The number of nitrogens with zero attached hydrogens (tertiary/aromatic N) is 1. The van der Waals surface area contributed by atoms with Crippen LogP contribution in [0.5, 0.6) is 0 Å². The highest BCUT2D eigenvalue weighted by molar-refractivity contribution is 5.82. The molecule has 0 aliphatic carbocycles. The molecular formula is C9H15F2NO. The van der Waals surface area contributed by atoms with Crippen LogP contribution in [0.25, 0.3) is 0 Å². The van der Waals surface area contributed by atoms with Gasteiger partial charge in [-0.05, 0) is 20.8 Å². The lowest BCUT2D eigenvalue weighted by Crippen LogP contribution is -2.39. The Balaban J connectivity index is 2.77. The number of rotatable bonds is 2. The molecular weight excluding hydrogens is 176 g/mol. The van der Waals surface area contributed by atoms with Gasteiger partial charge < -0.3 is 0 Å². The normalized spacial score (nSPS) is 28.3. The summed E-state index contributed by atoms with van der Waals surface area (Å²) in [4.78, 5) is 12.6. The van der Waals surface area contributed by atoms with Gasteiger partial charge in [-0.1, -0.05) is 0 Å². The first-order valence-corrected chi connectivity index (χ1v) is 4.47. The summed E-state index contributed by atoms with van der Waals surface area (Å²) in [5.74, 6) is -2.86. The Hall–Kier alpha value is -0.510. The highest BCUT2D eigenvalue weighted by Crippen LogP contribution is 2.33. The molecule has 13 heavy (non-hydrogen) atoms. The van der Waals surface area contributed by atoms with E-state index in [4.69, 9.17) is 0 Å². The first-order chi connectivity index (χ1) is 5.83. The number of ketones is 1. The smallest absolute Gasteiger partial charge is 0.262 e. The lowest BCUT2D eigenvalue weighted by atomic mass is 10.1. The predicted molar refractivity (Wildman–Crippen MR) is 45.9 cm³/mol. The number of halogens is 2. The van der Waals surface area contributed by atoms with Gasteiger partial charge in [0.2, 0.25) is 0 Å². The molecule has 1 aliphatic rings. The van der Waals surface area contributed by atoms with Crippen LogP contribution >= 0.6 is 0 Å². The summed E-state index contributed by atoms with van der Waals surface area (Å²) in [6, 6.07) is -0.586. The van der Waals surface area contributed by atoms with E-state index in [0.29, 0.717) is 0 Å². The van der Waals surface area contributed by atoms with Crippen molar-refractivity contribution in [1.82, 2.24) is 4.90 Å². The van der Waals surface area contributed by atoms with Gasteiger partial charge in [0.05, 0.1) is 12.6 Å². The Bertz CT molecular complexity index is 216. The molecule has 0 aromatic heterocycles. The Labute approximate surface area is 76.9 Å². The Morgan fingerprint density at radius 3 is 2.38 bits per heavy atom. The van der Waals surface area contributed by atoms with Gasteiger partial charge in [0.15, 0.2) is 0 Å². The van der Waals surface area contributed by atoms with E-state index < -0.39 is 12.0 Å². The first kappa shape index (κ1) is 10.6. The average Bonchev–Trinajstić information content (AvgIpc) is 2.26. The molecule has 0 N–H and O–H groups in total. The molecule has 1 aliphatic heterocycles. The maximum Gasteiger partial charge on any atom is 0.262 e. The molecule has 0 radical (unpaired) electrons.